The minimum atomic E-state index is -4.61. The second-order valence-corrected chi connectivity index (χ2v) is 4.20. The van der Waals surface area contributed by atoms with E-state index in [1.807, 2.05) is 0 Å². The van der Waals surface area contributed by atoms with Crippen molar-refractivity contribution in [2.75, 3.05) is 7.11 Å². The van der Waals surface area contributed by atoms with Crippen molar-refractivity contribution < 1.29 is 17.9 Å². The maximum atomic E-state index is 12.7. The zero-order valence-electron chi connectivity index (χ0n) is 9.05. The summed E-state index contributed by atoms with van der Waals surface area (Å²) < 4.78 is 43.0. The number of methoxy groups -OCH3 is 1. The molecule has 0 fully saturated rings. The Labute approximate surface area is 110 Å². The Morgan fingerprint density at radius 3 is 2.50 bits per heavy atom. The monoisotopic (exact) mass is 316 g/mol. The number of hydrogen-bond acceptors (Lipinski definition) is 3. The van der Waals surface area contributed by atoms with Crippen LogP contribution in [0, 0.1) is 0 Å². The van der Waals surface area contributed by atoms with Gasteiger partial charge in [-0.3, -0.25) is 0 Å². The zero-order chi connectivity index (χ0) is 13.5. The van der Waals surface area contributed by atoms with Gasteiger partial charge in [-0.05, 0) is 22.0 Å². The fourth-order valence-corrected chi connectivity index (χ4v) is 1.91. The zero-order valence-corrected chi connectivity index (χ0v) is 10.6. The molecule has 2 rings (SSSR count). The highest BCUT2D eigenvalue weighted by atomic mass is 79.9. The minimum Gasteiger partial charge on any atom is -0.481 e. The summed E-state index contributed by atoms with van der Waals surface area (Å²) in [7, 11) is 6.82. The normalized spacial score (nSPS) is 11.8. The van der Waals surface area contributed by atoms with Gasteiger partial charge in [0.25, 0.3) is 0 Å². The molecule has 0 bridgehead atoms. The molecule has 0 unspecified atom stereocenters. The van der Waals surface area contributed by atoms with E-state index in [1.165, 1.54) is 19.2 Å². The van der Waals surface area contributed by atoms with Gasteiger partial charge in [0.05, 0.1) is 12.6 Å². The number of pyridine rings is 2. The fourth-order valence-electron chi connectivity index (χ4n) is 1.43. The smallest absolute Gasteiger partial charge is 0.432 e. The number of halogens is 4. The first-order chi connectivity index (χ1) is 8.34. The van der Waals surface area contributed by atoms with Crippen LogP contribution in [0.3, 0.4) is 0 Å². The molecule has 8 heteroatoms. The third-order valence-electron chi connectivity index (χ3n) is 2.26. The Kier molecular flexibility index (Phi) is 3.22. The molecular weight excluding hydrogens is 312 g/mol. The van der Waals surface area contributed by atoms with E-state index in [9.17, 15) is 13.2 Å². The van der Waals surface area contributed by atoms with E-state index in [2.05, 4.69) is 25.9 Å². The molecule has 0 atom stereocenters. The van der Waals surface area contributed by atoms with Crippen molar-refractivity contribution >= 4 is 40.3 Å². The Hall–Kier alpha value is -1.31. The van der Waals surface area contributed by atoms with Crippen molar-refractivity contribution in [3.05, 3.63) is 22.3 Å². The molecule has 0 saturated carbocycles. The van der Waals surface area contributed by atoms with Gasteiger partial charge < -0.3 is 4.74 Å². The van der Waals surface area contributed by atoms with Crippen LogP contribution in [0.1, 0.15) is 5.69 Å². The van der Waals surface area contributed by atoms with Crippen LogP contribution in [0.25, 0.3) is 11.0 Å². The number of alkyl halides is 3. The lowest BCUT2D eigenvalue weighted by atomic mass is 9.93. The number of rotatable bonds is 1. The van der Waals surface area contributed by atoms with Gasteiger partial charge in [0.2, 0.25) is 5.88 Å². The first kappa shape index (κ1) is 13.1. The van der Waals surface area contributed by atoms with Crippen LogP contribution in [0.5, 0.6) is 5.88 Å². The van der Waals surface area contributed by atoms with E-state index in [4.69, 9.17) is 12.6 Å². The summed E-state index contributed by atoms with van der Waals surface area (Å²) in [5.74, 6) is 0.268. The quantitative estimate of drug-likeness (QED) is 0.757. The van der Waals surface area contributed by atoms with Crippen molar-refractivity contribution in [1.82, 2.24) is 9.97 Å². The standard InChI is InChI=1S/C10H5BBrF3N2O/c1-18-5-3-2-4-8(17-5)7(12)6(11)9(16-4)10(13,14)15/h2-3H,1H3. The number of aromatic nitrogens is 2. The van der Waals surface area contributed by atoms with E-state index in [1.54, 1.807) is 0 Å². The molecule has 0 N–H and O–H groups in total. The van der Waals surface area contributed by atoms with E-state index in [-0.39, 0.29) is 21.4 Å². The molecule has 18 heavy (non-hydrogen) atoms. The lowest BCUT2D eigenvalue weighted by Gasteiger charge is -2.13. The maximum absolute atomic E-state index is 12.7. The molecule has 2 aromatic rings. The molecule has 0 amide bonds. The van der Waals surface area contributed by atoms with Crippen LogP contribution in [-0.4, -0.2) is 24.9 Å². The Bertz CT molecular complexity index is 618. The third kappa shape index (κ3) is 2.16. The summed E-state index contributed by atoms with van der Waals surface area (Å²) >= 11 is 3.00. The lowest BCUT2D eigenvalue weighted by molar-refractivity contribution is -0.140. The van der Waals surface area contributed by atoms with Crippen molar-refractivity contribution in [3.63, 3.8) is 0 Å². The van der Waals surface area contributed by atoms with Crippen molar-refractivity contribution in [1.29, 1.82) is 0 Å². The number of ether oxygens (including phenoxy) is 1. The average Bonchev–Trinajstić information content (AvgIpc) is 2.32. The van der Waals surface area contributed by atoms with Gasteiger partial charge in [-0.2, -0.15) is 13.2 Å². The number of hydrogen-bond donors (Lipinski definition) is 0. The fraction of sp³-hybridized carbons (Fsp3) is 0.200. The first-order valence-corrected chi connectivity index (χ1v) is 5.51. The van der Waals surface area contributed by atoms with Gasteiger partial charge in [-0.25, -0.2) is 9.97 Å². The van der Waals surface area contributed by atoms with Crippen LogP contribution in [0.4, 0.5) is 13.2 Å². The largest absolute Gasteiger partial charge is 0.481 e. The molecule has 2 heterocycles. The summed E-state index contributed by atoms with van der Waals surface area (Å²) in [4.78, 5) is 7.48. The third-order valence-corrected chi connectivity index (χ3v) is 3.06. The van der Waals surface area contributed by atoms with Crippen LogP contribution in [-0.2, 0) is 6.18 Å². The highest BCUT2D eigenvalue weighted by Crippen LogP contribution is 2.30. The van der Waals surface area contributed by atoms with Crippen LogP contribution < -0.4 is 10.2 Å². The SMILES string of the molecule is [B]c1c(C(F)(F)F)nc2ccc(OC)nc2c1Br. The molecule has 0 aromatic carbocycles. The molecule has 2 radical (unpaired) electrons. The highest BCUT2D eigenvalue weighted by Gasteiger charge is 2.35. The predicted molar refractivity (Wildman–Crippen MR) is 64.2 cm³/mol. The van der Waals surface area contributed by atoms with Gasteiger partial charge >= 0.3 is 6.18 Å². The van der Waals surface area contributed by atoms with Crippen LogP contribution >= 0.6 is 15.9 Å². The average molecular weight is 317 g/mol. The molecule has 2 aromatic heterocycles. The van der Waals surface area contributed by atoms with Gasteiger partial charge in [0, 0.05) is 10.5 Å². The summed E-state index contributed by atoms with van der Waals surface area (Å²) in [5, 5.41) is 0. The lowest BCUT2D eigenvalue weighted by Crippen LogP contribution is -2.23. The van der Waals surface area contributed by atoms with Gasteiger partial charge in [-0.1, -0.05) is 5.46 Å². The first-order valence-electron chi connectivity index (χ1n) is 4.71. The maximum Gasteiger partial charge on any atom is 0.432 e. The predicted octanol–water partition coefficient (Wildman–Crippen LogP) is 2.21. The summed E-state index contributed by atoms with van der Waals surface area (Å²) in [6, 6.07) is 2.82. The molecular formula is C10H5BBrF3N2O. The molecule has 0 aliphatic rings. The van der Waals surface area contributed by atoms with Gasteiger partial charge in [0.1, 0.15) is 19.1 Å². The molecule has 0 spiro atoms. The molecule has 92 valence electrons. The van der Waals surface area contributed by atoms with Crippen molar-refractivity contribution in [2.24, 2.45) is 0 Å². The topological polar surface area (TPSA) is 35.0 Å². The van der Waals surface area contributed by atoms with Crippen molar-refractivity contribution in [2.45, 2.75) is 6.18 Å². The van der Waals surface area contributed by atoms with E-state index in [0.29, 0.717) is 0 Å². The molecule has 3 nitrogen and oxygen atoms in total. The van der Waals surface area contributed by atoms with E-state index in [0.717, 1.165) is 0 Å². The van der Waals surface area contributed by atoms with Crippen LogP contribution in [0.15, 0.2) is 16.6 Å². The Morgan fingerprint density at radius 1 is 1.28 bits per heavy atom. The number of fused-ring (bicyclic) bond motifs is 1. The Morgan fingerprint density at radius 2 is 1.94 bits per heavy atom. The number of nitrogens with zero attached hydrogens (tertiary/aromatic N) is 2. The second-order valence-electron chi connectivity index (χ2n) is 3.41. The van der Waals surface area contributed by atoms with Gasteiger partial charge in [0.15, 0.2) is 0 Å². The summed E-state index contributed by atoms with van der Waals surface area (Å²) in [6.07, 6.45) is -4.61. The Balaban J connectivity index is 2.79. The van der Waals surface area contributed by atoms with Crippen molar-refractivity contribution in [3.8, 4) is 5.88 Å². The van der Waals surface area contributed by atoms with E-state index < -0.39 is 17.3 Å². The van der Waals surface area contributed by atoms with Gasteiger partial charge in [-0.15, -0.1) is 0 Å². The molecule has 0 aliphatic heterocycles. The summed E-state index contributed by atoms with van der Waals surface area (Å²) in [5.41, 5.74) is -1.31. The minimum absolute atomic E-state index is 0.0544. The second kappa shape index (κ2) is 4.42. The van der Waals surface area contributed by atoms with Crippen LogP contribution in [0.2, 0.25) is 0 Å². The molecule has 0 aliphatic carbocycles. The summed E-state index contributed by atoms with van der Waals surface area (Å²) in [6.45, 7) is 0. The highest BCUT2D eigenvalue weighted by molar-refractivity contribution is 9.10. The van der Waals surface area contributed by atoms with E-state index >= 15 is 0 Å². The molecule has 0 saturated heterocycles.